The molecule has 0 aliphatic carbocycles. The summed E-state index contributed by atoms with van der Waals surface area (Å²) < 4.78 is 1.20. The molecule has 2 N–H and O–H groups in total. The Hall–Kier alpha value is -0.620. The molecule has 0 aromatic heterocycles. The summed E-state index contributed by atoms with van der Waals surface area (Å²) in [5, 5.41) is 12.6. The Labute approximate surface area is 122 Å². The second-order valence-corrected chi connectivity index (χ2v) is 6.78. The summed E-state index contributed by atoms with van der Waals surface area (Å²) in [7, 11) is 0. The lowest BCUT2D eigenvalue weighted by Crippen LogP contribution is -2.54. The average molecular weight is 361 g/mol. The van der Waals surface area contributed by atoms with Crippen LogP contribution in [0.25, 0.3) is 0 Å². The number of carboxylic acid groups (broad SMARTS) is 1. The number of benzene rings is 1. The Bertz CT molecular complexity index is 424. The van der Waals surface area contributed by atoms with Crippen LogP contribution in [-0.2, 0) is 11.3 Å². The standard InChI is InChI=1S/C14H20INO2/c1-13(2,12(17)18)14(3,4)16-9-10-5-7-11(15)8-6-10/h5-8,16H,9H2,1-4H3,(H,17,18). The highest BCUT2D eigenvalue weighted by Gasteiger charge is 2.42. The Morgan fingerprint density at radius 2 is 1.72 bits per heavy atom. The number of hydrogen-bond donors (Lipinski definition) is 2. The number of aliphatic carboxylic acids is 1. The van der Waals surface area contributed by atoms with E-state index in [-0.39, 0.29) is 0 Å². The van der Waals surface area contributed by atoms with E-state index in [1.807, 2.05) is 26.0 Å². The van der Waals surface area contributed by atoms with Crippen LogP contribution >= 0.6 is 22.6 Å². The summed E-state index contributed by atoms with van der Waals surface area (Å²) in [5.74, 6) is -0.789. The third kappa shape index (κ3) is 3.45. The molecule has 4 heteroatoms. The number of nitrogens with one attached hydrogen (secondary N) is 1. The van der Waals surface area contributed by atoms with Crippen LogP contribution < -0.4 is 5.32 Å². The molecule has 0 unspecified atom stereocenters. The predicted molar refractivity (Wildman–Crippen MR) is 81.5 cm³/mol. The molecular weight excluding hydrogens is 341 g/mol. The first-order chi connectivity index (χ1) is 8.17. The van der Waals surface area contributed by atoms with Crippen LogP contribution in [0.1, 0.15) is 33.3 Å². The van der Waals surface area contributed by atoms with Crippen molar-refractivity contribution in [2.75, 3.05) is 0 Å². The lowest BCUT2D eigenvalue weighted by molar-refractivity contribution is -0.151. The molecule has 100 valence electrons. The van der Waals surface area contributed by atoms with Gasteiger partial charge in [0, 0.05) is 15.7 Å². The molecule has 0 atom stereocenters. The van der Waals surface area contributed by atoms with Crippen molar-refractivity contribution >= 4 is 28.6 Å². The van der Waals surface area contributed by atoms with Gasteiger partial charge in [0.2, 0.25) is 0 Å². The highest BCUT2D eigenvalue weighted by atomic mass is 127. The zero-order valence-electron chi connectivity index (χ0n) is 11.2. The van der Waals surface area contributed by atoms with Gasteiger partial charge >= 0.3 is 5.97 Å². The predicted octanol–water partition coefficient (Wildman–Crippen LogP) is 3.27. The molecule has 0 fully saturated rings. The van der Waals surface area contributed by atoms with Crippen molar-refractivity contribution in [1.82, 2.24) is 5.32 Å². The van der Waals surface area contributed by atoms with E-state index in [9.17, 15) is 9.90 Å². The summed E-state index contributed by atoms with van der Waals surface area (Å²) in [6, 6.07) is 8.21. The third-order valence-electron chi connectivity index (χ3n) is 3.74. The van der Waals surface area contributed by atoms with Crippen LogP contribution in [0.15, 0.2) is 24.3 Å². The molecule has 1 aromatic rings. The number of rotatable bonds is 5. The second-order valence-electron chi connectivity index (χ2n) is 5.54. The van der Waals surface area contributed by atoms with Gasteiger partial charge in [-0.05, 0) is 68.0 Å². The lowest BCUT2D eigenvalue weighted by atomic mass is 9.74. The minimum Gasteiger partial charge on any atom is -0.481 e. The molecular formula is C14H20INO2. The van der Waals surface area contributed by atoms with Gasteiger partial charge in [0.15, 0.2) is 0 Å². The Kier molecular flexibility index (Phi) is 4.78. The first-order valence-electron chi connectivity index (χ1n) is 5.90. The molecule has 1 rings (SSSR count). The maximum Gasteiger partial charge on any atom is 0.310 e. The molecule has 0 aliphatic heterocycles. The summed E-state index contributed by atoms with van der Waals surface area (Å²) in [6.45, 7) is 8.01. The lowest BCUT2D eigenvalue weighted by Gasteiger charge is -2.39. The van der Waals surface area contributed by atoms with Crippen molar-refractivity contribution in [3.8, 4) is 0 Å². The van der Waals surface area contributed by atoms with Crippen LogP contribution in [-0.4, -0.2) is 16.6 Å². The fourth-order valence-electron chi connectivity index (χ4n) is 1.41. The zero-order valence-corrected chi connectivity index (χ0v) is 13.4. The highest BCUT2D eigenvalue weighted by Crippen LogP contribution is 2.30. The molecule has 0 amide bonds. The molecule has 1 aromatic carbocycles. The average Bonchev–Trinajstić information content (AvgIpc) is 2.28. The quantitative estimate of drug-likeness (QED) is 0.792. The Balaban J connectivity index is 2.73. The minimum absolute atomic E-state index is 0.484. The zero-order chi connectivity index (χ0) is 14.0. The van der Waals surface area contributed by atoms with Crippen molar-refractivity contribution in [2.24, 2.45) is 5.41 Å². The molecule has 0 aliphatic rings. The Morgan fingerprint density at radius 1 is 1.22 bits per heavy atom. The first kappa shape index (κ1) is 15.4. The van der Waals surface area contributed by atoms with E-state index < -0.39 is 16.9 Å². The summed E-state index contributed by atoms with van der Waals surface area (Å²) >= 11 is 2.26. The van der Waals surface area contributed by atoms with Crippen molar-refractivity contribution in [3.05, 3.63) is 33.4 Å². The van der Waals surface area contributed by atoms with E-state index >= 15 is 0 Å². The molecule has 18 heavy (non-hydrogen) atoms. The third-order valence-corrected chi connectivity index (χ3v) is 4.46. The summed E-state index contributed by atoms with van der Waals surface area (Å²) in [6.07, 6.45) is 0. The van der Waals surface area contributed by atoms with Gasteiger partial charge in [-0.25, -0.2) is 0 Å². The smallest absolute Gasteiger partial charge is 0.310 e. The number of carboxylic acids is 1. The van der Waals surface area contributed by atoms with Crippen LogP contribution in [0.4, 0.5) is 0 Å². The van der Waals surface area contributed by atoms with Crippen LogP contribution in [0.3, 0.4) is 0 Å². The SMILES string of the molecule is CC(C)(NCc1ccc(I)cc1)C(C)(C)C(=O)O. The fourth-order valence-corrected chi connectivity index (χ4v) is 1.77. The van der Waals surface area contributed by atoms with Crippen molar-refractivity contribution in [3.63, 3.8) is 0 Å². The normalized spacial score (nSPS) is 12.5. The molecule has 0 spiro atoms. The van der Waals surface area contributed by atoms with Crippen molar-refractivity contribution in [1.29, 1.82) is 0 Å². The number of carbonyl (C=O) groups is 1. The summed E-state index contributed by atoms with van der Waals surface area (Å²) in [4.78, 5) is 11.3. The fraction of sp³-hybridized carbons (Fsp3) is 0.500. The number of halogens is 1. The van der Waals surface area contributed by atoms with Gasteiger partial charge < -0.3 is 10.4 Å². The monoisotopic (exact) mass is 361 g/mol. The van der Waals surface area contributed by atoms with Crippen molar-refractivity contribution < 1.29 is 9.90 Å². The molecule has 0 saturated carbocycles. The molecule has 0 saturated heterocycles. The maximum atomic E-state index is 11.3. The molecule has 0 radical (unpaired) electrons. The van der Waals surface area contributed by atoms with E-state index in [0.717, 1.165) is 5.56 Å². The van der Waals surface area contributed by atoms with Gasteiger partial charge in [-0.1, -0.05) is 12.1 Å². The summed E-state index contributed by atoms with van der Waals surface area (Å²) in [5.41, 5.74) is -0.150. The highest BCUT2D eigenvalue weighted by molar-refractivity contribution is 14.1. The number of hydrogen-bond acceptors (Lipinski definition) is 2. The van der Waals surface area contributed by atoms with E-state index in [4.69, 9.17) is 0 Å². The van der Waals surface area contributed by atoms with Crippen LogP contribution in [0.2, 0.25) is 0 Å². The van der Waals surface area contributed by atoms with Gasteiger partial charge in [-0.3, -0.25) is 4.79 Å². The Morgan fingerprint density at radius 3 is 2.17 bits per heavy atom. The van der Waals surface area contributed by atoms with Gasteiger partial charge in [-0.15, -0.1) is 0 Å². The van der Waals surface area contributed by atoms with Gasteiger partial charge in [0.25, 0.3) is 0 Å². The molecule has 3 nitrogen and oxygen atoms in total. The van der Waals surface area contributed by atoms with Crippen LogP contribution in [0, 0.1) is 8.99 Å². The molecule has 0 heterocycles. The van der Waals surface area contributed by atoms with E-state index in [2.05, 4.69) is 40.0 Å². The largest absolute Gasteiger partial charge is 0.481 e. The topological polar surface area (TPSA) is 49.3 Å². The second kappa shape index (κ2) is 5.57. The van der Waals surface area contributed by atoms with Crippen molar-refractivity contribution in [2.45, 2.75) is 39.8 Å². The molecule has 0 bridgehead atoms. The first-order valence-corrected chi connectivity index (χ1v) is 6.97. The van der Waals surface area contributed by atoms with E-state index in [0.29, 0.717) is 6.54 Å². The minimum atomic E-state index is -0.823. The van der Waals surface area contributed by atoms with Gasteiger partial charge in [-0.2, -0.15) is 0 Å². The van der Waals surface area contributed by atoms with Crippen LogP contribution in [0.5, 0.6) is 0 Å². The maximum absolute atomic E-state index is 11.3. The van der Waals surface area contributed by atoms with E-state index in [1.54, 1.807) is 13.8 Å². The van der Waals surface area contributed by atoms with Gasteiger partial charge in [0.1, 0.15) is 0 Å². The van der Waals surface area contributed by atoms with E-state index in [1.165, 1.54) is 3.57 Å². The van der Waals surface area contributed by atoms with Gasteiger partial charge in [0.05, 0.1) is 5.41 Å².